The molecule has 150 valence electrons. The molecule has 0 aliphatic carbocycles. The molecule has 1 aromatic heterocycles. The van der Waals surface area contributed by atoms with Crippen LogP contribution in [0.2, 0.25) is 0 Å². The standard InChI is InChI=1S/C17H28BrN7O2/c1-5-6-19-16(21-12-14(26)23(2)3)24-7-9-25(10-8-24)17-20-11-13(18)15(22-17)27-4/h11H,5-10,12H2,1-4H3,(H,19,21). The Kier molecular flexibility index (Phi) is 8.08. The average Bonchev–Trinajstić information content (AvgIpc) is 2.68. The second-order valence-corrected chi connectivity index (χ2v) is 7.21. The topological polar surface area (TPSA) is 86.2 Å². The minimum absolute atomic E-state index is 0.0141. The van der Waals surface area contributed by atoms with Crippen LogP contribution in [0.4, 0.5) is 5.95 Å². The predicted molar refractivity (Wildman–Crippen MR) is 109 cm³/mol. The van der Waals surface area contributed by atoms with Crippen molar-refractivity contribution in [3.8, 4) is 5.88 Å². The van der Waals surface area contributed by atoms with E-state index < -0.39 is 0 Å². The van der Waals surface area contributed by atoms with E-state index in [1.165, 1.54) is 0 Å². The first-order valence-corrected chi connectivity index (χ1v) is 9.80. The monoisotopic (exact) mass is 441 g/mol. The smallest absolute Gasteiger partial charge is 0.243 e. The van der Waals surface area contributed by atoms with Gasteiger partial charge in [0.05, 0.1) is 17.8 Å². The van der Waals surface area contributed by atoms with Crippen LogP contribution in [-0.2, 0) is 4.79 Å². The van der Waals surface area contributed by atoms with Gasteiger partial charge in [0, 0.05) is 46.8 Å². The molecule has 9 nitrogen and oxygen atoms in total. The van der Waals surface area contributed by atoms with Gasteiger partial charge in [-0.1, -0.05) is 6.92 Å². The molecule has 0 unspecified atom stereocenters. The Balaban J connectivity index is 2.01. The SMILES string of the molecule is CCCNC(=NCC(=O)N(C)C)N1CCN(c2ncc(Br)c(OC)n2)CC1. The molecule has 1 fully saturated rings. The molecule has 27 heavy (non-hydrogen) atoms. The minimum atomic E-state index is -0.0141. The molecule has 0 saturated carbocycles. The summed E-state index contributed by atoms with van der Waals surface area (Å²) in [6.07, 6.45) is 2.70. The summed E-state index contributed by atoms with van der Waals surface area (Å²) in [6.45, 7) is 6.14. The van der Waals surface area contributed by atoms with E-state index in [1.54, 1.807) is 32.3 Å². The summed E-state index contributed by atoms with van der Waals surface area (Å²) in [6, 6.07) is 0. The number of methoxy groups -OCH3 is 1. The zero-order valence-electron chi connectivity index (χ0n) is 16.4. The van der Waals surface area contributed by atoms with E-state index in [-0.39, 0.29) is 12.5 Å². The number of amides is 1. The molecule has 1 aliphatic heterocycles. The number of carbonyl (C=O) groups excluding carboxylic acids is 1. The van der Waals surface area contributed by atoms with Crippen LogP contribution in [-0.4, -0.2) is 92.1 Å². The number of anilines is 1. The molecule has 1 aromatic rings. The van der Waals surface area contributed by atoms with Crippen LogP contribution in [0.15, 0.2) is 15.7 Å². The van der Waals surface area contributed by atoms with Gasteiger partial charge in [0.15, 0.2) is 5.96 Å². The van der Waals surface area contributed by atoms with Gasteiger partial charge in [-0.25, -0.2) is 9.98 Å². The largest absolute Gasteiger partial charge is 0.480 e. The lowest BCUT2D eigenvalue weighted by molar-refractivity contribution is -0.127. The van der Waals surface area contributed by atoms with Gasteiger partial charge in [0.1, 0.15) is 6.54 Å². The van der Waals surface area contributed by atoms with Gasteiger partial charge in [-0.2, -0.15) is 4.98 Å². The van der Waals surface area contributed by atoms with Crippen molar-refractivity contribution in [1.82, 2.24) is 25.1 Å². The minimum Gasteiger partial charge on any atom is -0.480 e. The van der Waals surface area contributed by atoms with Gasteiger partial charge >= 0.3 is 0 Å². The van der Waals surface area contributed by atoms with Crippen LogP contribution in [0.1, 0.15) is 13.3 Å². The maximum Gasteiger partial charge on any atom is 0.243 e. The Morgan fingerprint density at radius 1 is 1.37 bits per heavy atom. The molecular weight excluding hydrogens is 414 g/mol. The van der Waals surface area contributed by atoms with Crippen LogP contribution in [0.3, 0.4) is 0 Å². The summed E-state index contributed by atoms with van der Waals surface area (Å²) in [5.74, 6) is 1.94. The van der Waals surface area contributed by atoms with Gasteiger partial charge in [-0.15, -0.1) is 0 Å². The third-order valence-electron chi connectivity index (χ3n) is 4.15. The van der Waals surface area contributed by atoms with E-state index in [4.69, 9.17) is 4.74 Å². The Hall–Kier alpha value is -2.10. The normalized spacial score (nSPS) is 14.9. The van der Waals surface area contributed by atoms with Crippen molar-refractivity contribution in [2.45, 2.75) is 13.3 Å². The van der Waals surface area contributed by atoms with Gasteiger partial charge in [-0.3, -0.25) is 4.79 Å². The maximum absolute atomic E-state index is 11.9. The van der Waals surface area contributed by atoms with Gasteiger partial charge in [-0.05, 0) is 22.4 Å². The maximum atomic E-state index is 11.9. The summed E-state index contributed by atoms with van der Waals surface area (Å²) in [4.78, 5) is 31.0. The van der Waals surface area contributed by atoms with Gasteiger partial charge < -0.3 is 24.8 Å². The number of hydrogen-bond donors (Lipinski definition) is 1. The van der Waals surface area contributed by atoms with E-state index in [0.29, 0.717) is 11.8 Å². The zero-order chi connectivity index (χ0) is 19.8. The number of nitrogens with zero attached hydrogens (tertiary/aromatic N) is 6. The highest BCUT2D eigenvalue weighted by Gasteiger charge is 2.22. The number of ether oxygens (including phenoxy) is 1. The van der Waals surface area contributed by atoms with E-state index in [0.717, 1.165) is 49.6 Å². The van der Waals surface area contributed by atoms with Crippen molar-refractivity contribution in [2.24, 2.45) is 4.99 Å². The summed E-state index contributed by atoms with van der Waals surface area (Å²) in [5, 5.41) is 3.34. The summed E-state index contributed by atoms with van der Waals surface area (Å²) >= 11 is 3.37. The number of hydrogen-bond acceptors (Lipinski definition) is 6. The molecule has 0 atom stereocenters. The molecule has 1 N–H and O–H groups in total. The van der Waals surface area contributed by atoms with Gasteiger partial charge in [0.2, 0.25) is 17.7 Å². The second kappa shape index (κ2) is 10.3. The second-order valence-electron chi connectivity index (χ2n) is 6.36. The number of rotatable bonds is 6. The number of aromatic nitrogens is 2. The molecule has 1 aliphatic rings. The highest BCUT2D eigenvalue weighted by atomic mass is 79.9. The quantitative estimate of drug-likeness (QED) is 0.516. The number of halogens is 1. The number of likely N-dealkylation sites (N-methyl/N-ethyl adjacent to an activating group) is 1. The average molecular weight is 442 g/mol. The Labute approximate surface area is 168 Å². The first-order valence-electron chi connectivity index (χ1n) is 9.01. The van der Waals surface area contributed by atoms with Crippen molar-refractivity contribution in [2.75, 3.05) is 65.4 Å². The molecule has 2 heterocycles. The highest BCUT2D eigenvalue weighted by Crippen LogP contribution is 2.23. The highest BCUT2D eigenvalue weighted by molar-refractivity contribution is 9.10. The molecule has 0 bridgehead atoms. The summed E-state index contributed by atoms with van der Waals surface area (Å²) in [5.41, 5.74) is 0. The van der Waals surface area contributed by atoms with Crippen molar-refractivity contribution >= 4 is 33.7 Å². The summed E-state index contributed by atoms with van der Waals surface area (Å²) < 4.78 is 5.99. The van der Waals surface area contributed by atoms with E-state index in [1.807, 2.05) is 0 Å². The third-order valence-corrected chi connectivity index (χ3v) is 4.69. The van der Waals surface area contributed by atoms with E-state index in [2.05, 4.69) is 52.9 Å². The molecule has 0 spiro atoms. The third kappa shape index (κ3) is 5.95. The fourth-order valence-corrected chi connectivity index (χ4v) is 2.90. The van der Waals surface area contributed by atoms with Crippen molar-refractivity contribution in [1.29, 1.82) is 0 Å². The fraction of sp³-hybridized carbons (Fsp3) is 0.647. The number of guanidine groups is 1. The first-order chi connectivity index (χ1) is 13.0. The lowest BCUT2D eigenvalue weighted by atomic mass is 10.3. The first kappa shape index (κ1) is 21.2. The fourth-order valence-electron chi connectivity index (χ4n) is 2.54. The van der Waals surface area contributed by atoms with Crippen LogP contribution in [0, 0.1) is 0 Å². The van der Waals surface area contributed by atoms with Crippen LogP contribution >= 0.6 is 15.9 Å². The lowest BCUT2D eigenvalue weighted by Crippen LogP contribution is -2.53. The molecular formula is C17H28BrN7O2. The van der Waals surface area contributed by atoms with E-state index >= 15 is 0 Å². The molecule has 1 amide bonds. The van der Waals surface area contributed by atoms with Crippen molar-refractivity contribution < 1.29 is 9.53 Å². The number of aliphatic imine (C=N–C) groups is 1. The number of nitrogens with one attached hydrogen (secondary N) is 1. The molecule has 1 saturated heterocycles. The molecule has 10 heteroatoms. The molecule has 2 rings (SSSR count). The Morgan fingerprint density at radius 2 is 2.07 bits per heavy atom. The lowest BCUT2D eigenvalue weighted by Gasteiger charge is -2.36. The van der Waals surface area contributed by atoms with Crippen molar-refractivity contribution in [3.63, 3.8) is 0 Å². The molecule has 0 aromatic carbocycles. The van der Waals surface area contributed by atoms with Crippen LogP contribution in [0.5, 0.6) is 5.88 Å². The molecule has 0 radical (unpaired) electrons. The predicted octanol–water partition coefficient (Wildman–Crippen LogP) is 0.814. The van der Waals surface area contributed by atoms with E-state index in [9.17, 15) is 4.79 Å². The van der Waals surface area contributed by atoms with Gasteiger partial charge in [0.25, 0.3) is 0 Å². The van der Waals surface area contributed by atoms with Crippen LogP contribution < -0.4 is 15.0 Å². The summed E-state index contributed by atoms with van der Waals surface area (Å²) in [7, 11) is 5.07. The Morgan fingerprint density at radius 3 is 2.67 bits per heavy atom. The van der Waals surface area contributed by atoms with Crippen LogP contribution in [0.25, 0.3) is 0 Å². The number of piperazine rings is 1. The zero-order valence-corrected chi connectivity index (χ0v) is 18.0. The van der Waals surface area contributed by atoms with Crippen molar-refractivity contribution in [3.05, 3.63) is 10.7 Å². The number of carbonyl (C=O) groups is 1. The Bertz CT molecular complexity index is 661.